The van der Waals surface area contributed by atoms with E-state index in [0.29, 0.717) is 5.33 Å². The number of sulfone groups is 1. The number of halogens is 4. The average Bonchev–Trinajstić information content (AvgIpc) is 2.37. The van der Waals surface area contributed by atoms with E-state index in [1.54, 1.807) is 0 Å². The molecule has 1 aromatic carbocycles. The highest BCUT2D eigenvalue weighted by atomic mass is 79.9. The predicted molar refractivity (Wildman–Crippen MR) is 76.2 cm³/mol. The van der Waals surface area contributed by atoms with Gasteiger partial charge in [0.1, 0.15) is 6.54 Å². The molecule has 0 bridgehead atoms. The maximum absolute atomic E-state index is 12.6. The second-order valence-corrected chi connectivity index (χ2v) is 7.14. The van der Waals surface area contributed by atoms with Gasteiger partial charge in [0, 0.05) is 11.9 Å². The number of hydrogen-bond acceptors (Lipinski definition) is 3. The molecule has 0 N–H and O–H groups in total. The predicted octanol–water partition coefficient (Wildman–Crippen LogP) is 3.24. The summed E-state index contributed by atoms with van der Waals surface area (Å²) in [6, 6.07) is 5.77. The van der Waals surface area contributed by atoms with Gasteiger partial charge in [-0.15, -0.1) is 0 Å². The monoisotopic (exact) mass is 373 g/mol. The molecule has 0 spiro atoms. The minimum absolute atomic E-state index is 0.0623. The smallest absolute Gasteiger partial charge is 0.361 e. The van der Waals surface area contributed by atoms with Crippen molar-refractivity contribution in [1.29, 1.82) is 0 Å². The van der Waals surface area contributed by atoms with Gasteiger partial charge in [-0.3, -0.25) is 0 Å². The molecule has 0 aromatic heterocycles. The molecule has 0 atom stereocenters. The number of nitrogens with zero attached hydrogens (tertiary/aromatic N) is 1. The maximum Gasteiger partial charge on any atom is 0.405 e. The van der Waals surface area contributed by atoms with Crippen molar-refractivity contribution in [3.63, 3.8) is 0 Å². The van der Waals surface area contributed by atoms with Gasteiger partial charge in [-0.2, -0.15) is 13.2 Å². The van der Waals surface area contributed by atoms with Crippen molar-refractivity contribution in [1.82, 2.24) is 0 Å². The van der Waals surface area contributed by atoms with Crippen LogP contribution >= 0.6 is 15.9 Å². The van der Waals surface area contributed by atoms with Crippen molar-refractivity contribution in [2.24, 2.45) is 0 Å². The van der Waals surface area contributed by atoms with Crippen LogP contribution in [0.3, 0.4) is 0 Å². The zero-order chi connectivity index (χ0) is 15.4. The number of rotatable bonds is 6. The zero-order valence-electron chi connectivity index (χ0n) is 10.8. The molecule has 0 saturated heterocycles. The highest BCUT2D eigenvalue weighted by Gasteiger charge is 2.32. The Labute approximate surface area is 124 Å². The third-order valence-corrected chi connectivity index (χ3v) is 4.78. The molecule has 0 aliphatic carbocycles. The summed E-state index contributed by atoms with van der Waals surface area (Å²) in [6.07, 6.45) is -4.40. The summed E-state index contributed by atoms with van der Waals surface area (Å²) in [4.78, 5) is 0.963. The molecule has 114 valence electrons. The van der Waals surface area contributed by atoms with Crippen LogP contribution in [0.5, 0.6) is 0 Å². The van der Waals surface area contributed by atoms with Gasteiger partial charge in [0.2, 0.25) is 0 Å². The van der Waals surface area contributed by atoms with Crippen molar-refractivity contribution in [3.8, 4) is 0 Å². The Morgan fingerprint density at radius 2 is 1.85 bits per heavy atom. The Hall–Kier alpha value is -0.760. The number of para-hydroxylation sites is 1. The maximum atomic E-state index is 12.6. The fourth-order valence-electron chi connectivity index (χ4n) is 1.74. The van der Waals surface area contributed by atoms with Crippen molar-refractivity contribution < 1.29 is 21.6 Å². The lowest BCUT2D eigenvalue weighted by Crippen LogP contribution is -2.36. The number of anilines is 1. The van der Waals surface area contributed by atoms with Crippen LogP contribution in [0.4, 0.5) is 18.9 Å². The van der Waals surface area contributed by atoms with Crippen LogP contribution in [0.1, 0.15) is 6.92 Å². The molecule has 1 aromatic rings. The van der Waals surface area contributed by atoms with Crippen molar-refractivity contribution in [2.45, 2.75) is 18.0 Å². The molecule has 0 amide bonds. The molecule has 1 rings (SSSR count). The van der Waals surface area contributed by atoms with Crippen LogP contribution in [-0.2, 0) is 9.84 Å². The lowest BCUT2D eigenvalue weighted by Gasteiger charge is -2.27. The topological polar surface area (TPSA) is 37.4 Å². The molecular formula is C12H15BrF3NO2S. The fourth-order valence-corrected chi connectivity index (χ4v) is 3.28. The zero-order valence-corrected chi connectivity index (χ0v) is 13.2. The molecule has 0 fully saturated rings. The minimum atomic E-state index is -4.40. The van der Waals surface area contributed by atoms with Crippen LogP contribution in [-0.4, -0.2) is 38.8 Å². The van der Waals surface area contributed by atoms with E-state index >= 15 is 0 Å². The van der Waals surface area contributed by atoms with Crippen molar-refractivity contribution >= 4 is 31.5 Å². The quantitative estimate of drug-likeness (QED) is 0.718. The van der Waals surface area contributed by atoms with Gasteiger partial charge in [-0.1, -0.05) is 35.0 Å². The van der Waals surface area contributed by atoms with Crippen LogP contribution < -0.4 is 4.90 Å². The third kappa shape index (κ3) is 4.66. The first kappa shape index (κ1) is 17.3. The van der Waals surface area contributed by atoms with E-state index < -0.39 is 22.6 Å². The molecule has 3 nitrogen and oxygen atoms in total. The number of alkyl halides is 4. The highest BCUT2D eigenvalue weighted by molar-refractivity contribution is 9.09. The first-order chi connectivity index (χ1) is 9.21. The van der Waals surface area contributed by atoms with E-state index in [9.17, 15) is 21.6 Å². The van der Waals surface area contributed by atoms with Crippen LogP contribution in [0.2, 0.25) is 0 Å². The Kier molecular flexibility index (Phi) is 5.88. The number of hydrogen-bond donors (Lipinski definition) is 0. The molecule has 0 unspecified atom stereocenters. The summed E-state index contributed by atoms with van der Waals surface area (Å²) in [5.41, 5.74) is 0.0890. The van der Waals surface area contributed by atoms with Gasteiger partial charge in [0.05, 0.1) is 16.3 Å². The normalized spacial score (nSPS) is 12.4. The molecule has 0 heterocycles. The Balaban J connectivity index is 3.27. The Morgan fingerprint density at radius 3 is 2.35 bits per heavy atom. The highest BCUT2D eigenvalue weighted by Crippen LogP contribution is 2.29. The lowest BCUT2D eigenvalue weighted by atomic mass is 10.3. The van der Waals surface area contributed by atoms with Gasteiger partial charge in [-0.05, 0) is 12.1 Å². The van der Waals surface area contributed by atoms with Gasteiger partial charge in [0.15, 0.2) is 9.84 Å². The molecule has 20 heavy (non-hydrogen) atoms. The molecule has 8 heteroatoms. The second-order valence-electron chi connectivity index (χ2n) is 4.10. The fraction of sp³-hybridized carbons (Fsp3) is 0.500. The van der Waals surface area contributed by atoms with E-state index in [-0.39, 0.29) is 22.9 Å². The molecule has 0 aliphatic heterocycles. The summed E-state index contributed by atoms with van der Waals surface area (Å²) in [6.45, 7) is 0.343. The van der Waals surface area contributed by atoms with E-state index in [1.807, 2.05) is 0 Å². The summed E-state index contributed by atoms with van der Waals surface area (Å²) in [7, 11) is -3.57. The van der Waals surface area contributed by atoms with Gasteiger partial charge < -0.3 is 4.90 Å². The Morgan fingerprint density at radius 1 is 1.25 bits per heavy atom. The van der Waals surface area contributed by atoms with E-state index in [1.165, 1.54) is 31.2 Å². The molecule has 0 aliphatic rings. The Bertz CT molecular complexity index is 546. The lowest BCUT2D eigenvalue weighted by molar-refractivity contribution is -0.119. The molecule has 0 saturated carbocycles. The van der Waals surface area contributed by atoms with E-state index in [0.717, 1.165) is 4.90 Å². The molecule has 0 radical (unpaired) electrons. The average molecular weight is 374 g/mol. The van der Waals surface area contributed by atoms with Gasteiger partial charge in [-0.25, -0.2) is 8.42 Å². The summed E-state index contributed by atoms with van der Waals surface area (Å²) < 4.78 is 61.8. The van der Waals surface area contributed by atoms with Crippen molar-refractivity contribution in [3.05, 3.63) is 24.3 Å². The summed E-state index contributed by atoms with van der Waals surface area (Å²) in [5.74, 6) is -0.155. The summed E-state index contributed by atoms with van der Waals surface area (Å²) >= 11 is 3.09. The first-order valence-corrected chi connectivity index (χ1v) is 8.68. The van der Waals surface area contributed by atoms with Crippen LogP contribution in [0, 0.1) is 0 Å². The minimum Gasteiger partial charge on any atom is -0.361 e. The summed E-state index contributed by atoms with van der Waals surface area (Å²) in [5, 5.41) is 0.309. The standard InChI is InChI=1S/C12H15BrF3NO2S/c1-2-20(18,19)11-6-4-3-5-10(11)17(8-7-13)9-12(14,15)16/h3-6H,2,7-9H2,1H3. The third-order valence-electron chi connectivity index (χ3n) is 2.65. The second kappa shape index (κ2) is 6.80. The van der Waals surface area contributed by atoms with Gasteiger partial charge in [0.25, 0.3) is 0 Å². The van der Waals surface area contributed by atoms with E-state index in [4.69, 9.17) is 0 Å². The largest absolute Gasteiger partial charge is 0.405 e. The van der Waals surface area contributed by atoms with E-state index in [2.05, 4.69) is 15.9 Å². The van der Waals surface area contributed by atoms with Crippen LogP contribution in [0.25, 0.3) is 0 Å². The van der Waals surface area contributed by atoms with Crippen LogP contribution in [0.15, 0.2) is 29.2 Å². The van der Waals surface area contributed by atoms with Gasteiger partial charge >= 0.3 is 6.18 Å². The first-order valence-electron chi connectivity index (χ1n) is 5.90. The SMILES string of the molecule is CCS(=O)(=O)c1ccccc1N(CCBr)CC(F)(F)F. The number of benzene rings is 1. The molecular weight excluding hydrogens is 359 g/mol. The van der Waals surface area contributed by atoms with Crippen molar-refractivity contribution in [2.75, 3.05) is 29.1 Å².